The van der Waals surface area contributed by atoms with Gasteiger partial charge in [-0.1, -0.05) is 26.7 Å². The smallest absolute Gasteiger partial charge is 0.129 e. The molecule has 1 aromatic rings. The van der Waals surface area contributed by atoms with Crippen LogP contribution in [-0.4, -0.2) is 25.1 Å². The van der Waals surface area contributed by atoms with Crippen molar-refractivity contribution in [2.24, 2.45) is 5.92 Å². The molecule has 1 saturated heterocycles. The summed E-state index contributed by atoms with van der Waals surface area (Å²) in [5.41, 5.74) is 2.61. The second kappa shape index (κ2) is 8.38. The third-order valence-corrected chi connectivity index (χ3v) is 4.56. The van der Waals surface area contributed by atoms with Crippen molar-refractivity contribution < 1.29 is 0 Å². The molecule has 1 fully saturated rings. The molecule has 0 radical (unpaired) electrons. The molecule has 0 aromatic carbocycles. The lowest BCUT2D eigenvalue weighted by molar-refractivity contribution is 0.459. The molecular formula is C18H31N3. The van der Waals surface area contributed by atoms with Gasteiger partial charge in [-0.05, 0) is 56.3 Å². The minimum atomic E-state index is 0.908. The van der Waals surface area contributed by atoms with Crippen molar-refractivity contribution in [3.05, 3.63) is 23.4 Å². The van der Waals surface area contributed by atoms with E-state index >= 15 is 0 Å². The van der Waals surface area contributed by atoms with Crippen molar-refractivity contribution in [3.8, 4) is 0 Å². The van der Waals surface area contributed by atoms with Crippen LogP contribution in [-0.2, 0) is 13.0 Å². The predicted molar refractivity (Wildman–Crippen MR) is 90.8 cm³/mol. The zero-order valence-corrected chi connectivity index (χ0v) is 14.0. The monoisotopic (exact) mass is 289 g/mol. The number of anilines is 1. The van der Waals surface area contributed by atoms with Gasteiger partial charge in [0, 0.05) is 25.3 Å². The van der Waals surface area contributed by atoms with Gasteiger partial charge in [0.2, 0.25) is 0 Å². The topological polar surface area (TPSA) is 28.2 Å². The molecule has 1 aliphatic rings. The van der Waals surface area contributed by atoms with E-state index < -0.39 is 0 Å². The van der Waals surface area contributed by atoms with Gasteiger partial charge in [0.05, 0.1) is 0 Å². The van der Waals surface area contributed by atoms with Gasteiger partial charge in [-0.3, -0.25) is 0 Å². The van der Waals surface area contributed by atoms with E-state index in [1.54, 1.807) is 0 Å². The van der Waals surface area contributed by atoms with E-state index in [9.17, 15) is 0 Å². The standard InChI is InChI=1S/C18H31N3/c1-4-7-17-12-16(14-19-3)13-18(20-17)21-10-6-8-15(5-2)9-11-21/h12-13,15,19H,4-11,14H2,1-3H3. The highest BCUT2D eigenvalue weighted by atomic mass is 15.2. The quantitative estimate of drug-likeness (QED) is 0.864. The number of aryl methyl sites for hydroxylation is 1. The van der Waals surface area contributed by atoms with Crippen molar-refractivity contribution in [2.75, 3.05) is 25.0 Å². The maximum absolute atomic E-state index is 4.92. The normalized spacial score (nSPS) is 19.6. The lowest BCUT2D eigenvalue weighted by Gasteiger charge is -2.23. The van der Waals surface area contributed by atoms with Crippen molar-refractivity contribution in [1.29, 1.82) is 0 Å². The molecular weight excluding hydrogens is 258 g/mol. The van der Waals surface area contributed by atoms with Gasteiger partial charge >= 0.3 is 0 Å². The number of nitrogens with zero attached hydrogens (tertiary/aromatic N) is 2. The van der Waals surface area contributed by atoms with Gasteiger partial charge in [0.15, 0.2) is 0 Å². The summed E-state index contributed by atoms with van der Waals surface area (Å²) in [6, 6.07) is 4.54. The Hall–Kier alpha value is -1.09. The average molecular weight is 289 g/mol. The fraction of sp³-hybridized carbons (Fsp3) is 0.722. The van der Waals surface area contributed by atoms with E-state index in [2.05, 4.69) is 36.2 Å². The fourth-order valence-electron chi connectivity index (χ4n) is 3.29. The molecule has 2 heterocycles. The number of hydrogen-bond acceptors (Lipinski definition) is 3. The van der Waals surface area contributed by atoms with E-state index in [0.29, 0.717) is 0 Å². The van der Waals surface area contributed by atoms with Crippen molar-refractivity contribution in [1.82, 2.24) is 10.3 Å². The molecule has 3 heteroatoms. The van der Waals surface area contributed by atoms with Crippen LogP contribution in [0.25, 0.3) is 0 Å². The van der Waals surface area contributed by atoms with Crippen molar-refractivity contribution in [3.63, 3.8) is 0 Å². The van der Waals surface area contributed by atoms with E-state index in [1.807, 2.05) is 7.05 Å². The summed E-state index contributed by atoms with van der Waals surface area (Å²) in [7, 11) is 2.01. The molecule has 0 aliphatic carbocycles. The van der Waals surface area contributed by atoms with Crippen LogP contribution in [0.2, 0.25) is 0 Å². The summed E-state index contributed by atoms with van der Waals surface area (Å²) in [4.78, 5) is 7.43. The Labute approximate surface area is 130 Å². The molecule has 1 N–H and O–H groups in total. The molecule has 3 nitrogen and oxygen atoms in total. The highest BCUT2D eigenvalue weighted by Crippen LogP contribution is 2.24. The predicted octanol–water partition coefficient (Wildman–Crippen LogP) is 3.77. The Balaban J connectivity index is 2.16. The number of rotatable bonds is 6. The molecule has 0 saturated carbocycles. The van der Waals surface area contributed by atoms with Crippen LogP contribution in [0.15, 0.2) is 12.1 Å². The first kappa shape index (κ1) is 16.3. The number of nitrogens with one attached hydrogen (secondary N) is 1. The Morgan fingerprint density at radius 2 is 2.10 bits per heavy atom. The Morgan fingerprint density at radius 3 is 2.81 bits per heavy atom. The first-order valence-electron chi connectivity index (χ1n) is 8.66. The van der Waals surface area contributed by atoms with Gasteiger partial charge in [-0.25, -0.2) is 4.98 Å². The highest BCUT2D eigenvalue weighted by Gasteiger charge is 2.17. The highest BCUT2D eigenvalue weighted by molar-refractivity contribution is 5.43. The third-order valence-electron chi connectivity index (χ3n) is 4.56. The van der Waals surface area contributed by atoms with Gasteiger partial charge in [0.25, 0.3) is 0 Å². The summed E-state index contributed by atoms with van der Waals surface area (Å²) in [6.45, 7) is 7.81. The minimum Gasteiger partial charge on any atom is -0.357 e. The number of aromatic nitrogens is 1. The second-order valence-corrected chi connectivity index (χ2v) is 6.30. The van der Waals surface area contributed by atoms with Gasteiger partial charge < -0.3 is 10.2 Å². The number of pyridine rings is 1. The van der Waals surface area contributed by atoms with E-state index in [4.69, 9.17) is 4.98 Å². The van der Waals surface area contributed by atoms with E-state index in [0.717, 1.165) is 31.8 Å². The Bertz CT molecular complexity index is 406. The molecule has 1 unspecified atom stereocenters. The van der Waals surface area contributed by atoms with Crippen LogP contribution < -0.4 is 10.2 Å². The minimum absolute atomic E-state index is 0.908. The summed E-state index contributed by atoms with van der Waals surface area (Å²) >= 11 is 0. The molecule has 0 amide bonds. The van der Waals surface area contributed by atoms with E-state index in [1.165, 1.54) is 49.3 Å². The van der Waals surface area contributed by atoms with Gasteiger partial charge in [0.1, 0.15) is 5.82 Å². The largest absolute Gasteiger partial charge is 0.357 e. The maximum atomic E-state index is 4.92. The zero-order valence-electron chi connectivity index (χ0n) is 14.0. The van der Waals surface area contributed by atoms with Crippen LogP contribution in [0.4, 0.5) is 5.82 Å². The number of hydrogen-bond donors (Lipinski definition) is 1. The summed E-state index contributed by atoms with van der Waals surface area (Å²) in [5, 5.41) is 3.27. The van der Waals surface area contributed by atoms with Crippen LogP contribution in [0.1, 0.15) is 57.2 Å². The summed E-state index contributed by atoms with van der Waals surface area (Å²) < 4.78 is 0. The van der Waals surface area contributed by atoms with Crippen LogP contribution >= 0.6 is 0 Å². The zero-order chi connectivity index (χ0) is 15.1. The van der Waals surface area contributed by atoms with E-state index in [-0.39, 0.29) is 0 Å². The molecule has 2 rings (SSSR count). The maximum Gasteiger partial charge on any atom is 0.129 e. The molecule has 0 bridgehead atoms. The molecule has 1 aliphatic heterocycles. The molecule has 0 spiro atoms. The average Bonchev–Trinajstić information content (AvgIpc) is 2.73. The first-order chi connectivity index (χ1) is 10.3. The molecule has 1 aromatic heterocycles. The summed E-state index contributed by atoms with van der Waals surface area (Å²) in [6.07, 6.45) is 7.56. The van der Waals surface area contributed by atoms with Gasteiger partial charge in [-0.2, -0.15) is 0 Å². The summed E-state index contributed by atoms with van der Waals surface area (Å²) in [5.74, 6) is 2.11. The lowest BCUT2D eigenvalue weighted by Crippen LogP contribution is -2.26. The Morgan fingerprint density at radius 1 is 1.24 bits per heavy atom. The van der Waals surface area contributed by atoms with Crippen LogP contribution in [0, 0.1) is 5.92 Å². The van der Waals surface area contributed by atoms with Crippen molar-refractivity contribution >= 4 is 5.82 Å². The SMILES string of the molecule is CCCc1cc(CNC)cc(N2CCCC(CC)CC2)n1. The molecule has 118 valence electrons. The van der Waals surface area contributed by atoms with Crippen LogP contribution in [0.5, 0.6) is 0 Å². The molecule has 1 atom stereocenters. The van der Waals surface area contributed by atoms with Gasteiger partial charge in [-0.15, -0.1) is 0 Å². The fourth-order valence-corrected chi connectivity index (χ4v) is 3.29. The second-order valence-electron chi connectivity index (χ2n) is 6.30. The van der Waals surface area contributed by atoms with Crippen LogP contribution in [0.3, 0.4) is 0 Å². The first-order valence-corrected chi connectivity index (χ1v) is 8.66. The Kier molecular flexibility index (Phi) is 6.50. The van der Waals surface area contributed by atoms with Crippen molar-refractivity contribution in [2.45, 2.75) is 58.9 Å². The third kappa shape index (κ3) is 4.70. The lowest BCUT2D eigenvalue weighted by atomic mass is 9.98. The molecule has 21 heavy (non-hydrogen) atoms.